The number of benzene rings is 1. The lowest BCUT2D eigenvalue weighted by atomic mass is 10.1. The summed E-state index contributed by atoms with van der Waals surface area (Å²) >= 11 is 3.52. The molecule has 0 spiro atoms. The summed E-state index contributed by atoms with van der Waals surface area (Å²) in [5.41, 5.74) is 10.9. The number of pyridine rings is 1. The standard InChI is InChI=1S/C16H17BrN4/c1-3-11-8-12(4-2)21(20-11)16-13-7-10(17)5-6-15(13)19-9-14(16)18/h5-9H,3-4,18H2,1-2H3. The van der Waals surface area contributed by atoms with Gasteiger partial charge in [0.25, 0.3) is 0 Å². The zero-order valence-corrected chi connectivity index (χ0v) is 13.7. The van der Waals surface area contributed by atoms with E-state index in [0.717, 1.165) is 45.3 Å². The number of nitrogen functional groups attached to an aromatic ring is 1. The molecule has 0 radical (unpaired) electrons. The van der Waals surface area contributed by atoms with Crippen molar-refractivity contribution in [2.24, 2.45) is 0 Å². The maximum atomic E-state index is 6.20. The van der Waals surface area contributed by atoms with E-state index in [-0.39, 0.29) is 0 Å². The minimum Gasteiger partial charge on any atom is -0.396 e. The molecular formula is C16H17BrN4. The minimum atomic E-state index is 0.640. The first-order valence-electron chi connectivity index (χ1n) is 7.06. The predicted octanol–water partition coefficient (Wildman–Crippen LogP) is 3.89. The molecule has 0 aliphatic heterocycles. The van der Waals surface area contributed by atoms with Crippen LogP contribution in [0.4, 0.5) is 5.69 Å². The number of aryl methyl sites for hydroxylation is 2. The molecule has 108 valence electrons. The largest absolute Gasteiger partial charge is 0.396 e. The molecule has 2 N–H and O–H groups in total. The van der Waals surface area contributed by atoms with Gasteiger partial charge in [-0.05, 0) is 37.1 Å². The fourth-order valence-electron chi connectivity index (χ4n) is 2.50. The van der Waals surface area contributed by atoms with Crippen LogP contribution in [0.3, 0.4) is 0 Å². The van der Waals surface area contributed by atoms with Crippen LogP contribution in [-0.4, -0.2) is 14.8 Å². The van der Waals surface area contributed by atoms with Gasteiger partial charge >= 0.3 is 0 Å². The molecule has 3 rings (SSSR count). The summed E-state index contributed by atoms with van der Waals surface area (Å²) in [4.78, 5) is 4.40. The average Bonchev–Trinajstić information content (AvgIpc) is 2.90. The van der Waals surface area contributed by atoms with E-state index < -0.39 is 0 Å². The minimum absolute atomic E-state index is 0.640. The molecule has 0 saturated carbocycles. The lowest BCUT2D eigenvalue weighted by Crippen LogP contribution is -2.07. The molecule has 0 amide bonds. The van der Waals surface area contributed by atoms with Crippen LogP contribution in [0.15, 0.2) is 34.9 Å². The highest BCUT2D eigenvalue weighted by Crippen LogP contribution is 2.29. The monoisotopic (exact) mass is 344 g/mol. The molecular weight excluding hydrogens is 328 g/mol. The Kier molecular flexibility index (Phi) is 3.68. The molecule has 0 unspecified atom stereocenters. The predicted molar refractivity (Wildman–Crippen MR) is 89.7 cm³/mol. The molecule has 2 heterocycles. The number of fused-ring (bicyclic) bond motifs is 1. The average molecular weight is 345 g/mol. The zero-order valence-electron chi connectivity index (χ0n) is 12.1. The van der Waals surface area contributed by atoms with Crippen LogP contribution in [0.5, 0.6) is 0 Å². The van der Waals surface area contributed by atoms with Crippen LogP contribution in [0.25, 0.3) is 16.6 Å². The number of aromatic nitrogens is 3. The van der Waals surface area contributed by atoms with Crippen LogP contribution in [0.2, 0.25) is 0 Å². The molecule has 5 heteroatoms. The Hall–Kier alpha value is -1.88. The van der Waals surface area contributed by atoms with Gasteiger partial charge in [-0.1, -0.05) is 29.8 Å². The third-order valence-corrected chi connectivity index (χ3v) is 4.09. The van der Waals surface area contributed by atoms with Gasteiger partial charge in [0.15, 0.2) is 0 Å². The maximum Gasteiger partial charge on any atom is 0.0988 e. The van der Waals surface area contributed by atoms with Gasteiger partial charge < -0.3 is 5.73 Å². The van der Waals surface area contributed by atoms with E-state index in [1.54, 1.807) is 6.20 Å². The topological polar surface area (TPSA) is 56.7 Å². The first-order chi connectivity index (χ1) is 10.1. The van der Waals surface area contributed by atoms with E-state index in [2.05, 4.69) is 40.8 Å². The van der Waals surface area contributed by atoms with E-state index in [4.69, 9.17) is 10.8 Å². The van der Waals surface area contributed by atoms with Crippen molar-refractivity contribution in [3.63, 3.8) is 0 Å². The molecule has 3 aromatic rings. The first-order valence-corrected chi connectivity index (χ1v) is 7.85. The highest BCUT2D eigenvalue weighted by atomic mass is 79.9. The first kappa shape index (κ1) is 14.1. The van der Waals surface area contributed by atoms with Gasteiger partial charge in [0, 0.05) is 15.6 Å². The van der Waals surface area contributed by atoms with Gasteiger partial charge in [0.05, 0.1) is 28.8 Å². The van der Waals surface area contributed by atoms with Crippen LogP contribution in [-0.2, 0) is 12.8 Å². The number of nitrogens with two attached hydrogens (primary N) is 1. The summed E-state index contributed by atoms with van der Waals surface area (Å²) < 4.78 is 2.97. The number of hydrogen-bond acceptors (Lipinski definition) is 3. The maximum absolute atomic E-state index is 6.20. The van der Waals surface area contributed by atoms with Gasteiger partial charge in [-0.25, -0.2) is 4.68 Å². The van der Waals surface area contributed by atoms with Crippen molar-refractivity contribution in [2.75, 3.05) is 5.73 Å². The Bertz CT molecular complexity index is 802. The molecule has 1 aromatic carbocycles. The molecule has 21 heavy (non-hydrogen) atoms. The summed E-state index contributed by atoms with van der Waals surface area (Å²) in [5, 5.41) is 5.71. The summed E-state index contributed by atoms with van der Waals surface area (Å²) in [7, 11) is 0. The highest BCUT2D eigenvalue weighted by Gasteiger charge is 2.14. The van der Waals surface area contributed by atoms with Crippen LogP contribution < -0.4 is 5.73 Å². The van der Waals surface area contributed by atoms with Crippen molar-refractivity contribution in [1.29, 1.82) is 0 Å². The molecule has 0 fully saturated rings. The van der Waals surface area contributed by atoms with Crippen molar-refractivity contribution < 1.29 is 0 Å². The molecule has 0 aliphatic rings. The summed E-state index contributed by atoms with van der Waals surface area (Å²) in [6.07, 6.45) is 3.52. The Morgan fingerprint density at radius 2 is 2.00 bits per heavy atom. The molecule has 0 atom stereocenters. The van der Waals surface area contributed by atoms with E-state index >= 15 is 0 Å². The van der Waals surface area contributed by atoms with Crippen molar-refractivity contribution in [2.45, 2.75) is 26.7 Å². The smallest absolute Gasteiger partial charge is 0.0988 e. The normalized spacial score (nSPS) is 11.2. The van der Waals surface area contributed by atoms with Crippen molar-refractivity contribution in [1.82, 2.24) is 14.8 Å². The number of rotatable bonds is 3. The number of hydrogen-bond donors (Lipinski definition) is 1. The Morgan fingerprint density at radius 1 is 1.19 bits per heavy atom. The summed E-state index contributed by atoms with van der Waals surface area (Å²) in [6, 6.07) is 8.15. The van der Waals surface area contributed by atoms with Crippen molar-refractivity contribution in [3.8, 4) is 5.69 Å². The van der Waals surface area contributed by atoms with Gasteiger partial charge in [-0.2, -0.15) is 5.10 Å². The van der Waals surface area contributed by atoms with Gasteiger partial charge in [-0.15, -0.1) is 0 Å². The van der Waals surface area contributed by atoms with E-state index in [0.29, 0.717) is 5.69 Å². The lowest BCUT2D eigenvalue weighted by Gasteiger charge is -2.12. The third-order valence-electron chi connectivity index (χ3n) is 3.60. The van der Waals surface area contributed by atoms with Crippen LogP contribution >= 0.6 is 15.9 Å². The van der Waals surface area contributed by atoms with Crippen molar-refractivity contribution >= 4 is 32.5 Å². The van der Waals surface area contributed by atoms with Gasteiger partial charge in [-0.3, -0.25) is 4.98 Å². The fourth-order valence-corrected chi connectivity index (χ4v) is 2.86. The Balaban J connectivity index is 2.35. The van der Waals surface area contributed by atoms with E-state index in [9.17, 15) is 0 Å². The third kappa shape index (κ3) is 2.42. The SMILES string of the molecule is CCc1cc(CC)n(-c2c(N)cnc3ccc(Br)cc23)n1. The zero-order chi connectivity index (χ0) is 15.0. The lowest BCUT2D eigenvalue weighted by molar-refractivity contribution is 0.800. The molecule has 0 aliphatic carbocycles. The summed E-state index contributed by atoms with van der Waals surface area (Å²) in [5.74, 6) is 0. The van der Waals surface area contributed by atoms with Gasteiger partial charge in [0.2, 0.25) is 0 Å². The van der Waals surface area contributed by atoms with Crippen LogP contribution in [0.1, 0.15) is 25.2 Å². The molecule has 0 bridgehead atoms. The fraction of sp³-hybridized carbons (Fsp3) is 0.250. The van der Waals surface area contributed by atoms with E-state index in [1.807, 2.05) is 22.9 Å². The molecule has 0 saturated heterocycles. The van der Waals surface area contributed by atoms with Gasteiger partial charge in [0.1, 0.15) is 0 Å². The highest BCUT2D eigenvalue weighted by molar-refractivity contribution is 9.10. The molecule has 4 nitrogen and oxygen atoms in total. The number of nitrogens with zero attached hydrogens (tertiary/aromatic N) is 3. The second-order valence-corrected chi connectivity index (χ2v) is 5.89. The number of anilines is 1. The van der Waals surface area contributed by atoms with Crippen molar-refractivity contribution in [3.05, 3.63) is 46.3 Å². The molecule has 2 aromatic heterocycles. The summed E-state index contributed by atoms with van der Waals surface area (Å²) in [6.45, 7) is 4.24. The Morgan fingerprint density at radius 3 is 2.71 bits per heavy atom. The second kappa shape index (κ2) is 5.48. The quantitative estimate of drug-likeness (QED) is 0.784. The Labute approximate surface area is 132 Å². The van der Waals surface area contributed by atoms with E-state index in [1.165, 1.54) is 0 Å². The van der Waals surface area contributed by atoms with Crippen LogP contribution in [0, 0.1) is 0 Å². The number of halogens is 1. The second-order valence-electron chi connectivity index (χ2n) is 4.97.